The Labute approximate surface area is 136 Å². The minimum Gasteiger partial charge on any atom is -0.374 e. The maximum Gasteiger partial charge on any atom is 0.244 e. The molecule has 0 radical (unpaired) electrons. The van der Waals surface area contributed by atoms with Crippen molar-refractivity contribution in [3.63, 3.8) is 0 Å². The Bertz CT molecular complexity index is 732. The Balaban J connectivity index is 1.58. The minimum absolute atomic E-state index is 0.0938. The summed E-state index contributed by atoms with van der Waals surface area (Å²) in [5, 5.41) is 6.99. The van der Waals surface area contributed by atoms with E-state index in [9.17, 15) is 4.79 Å². The maximum atomic E-state index is 11.9. The van der Waals surface area contributed by atoms with Gasteiger partial charge in [0.25, 0.3) is 0 Å². The van der Waals surface area contributed by atoms with Crippen LogP contribution in [0.2, 0.25) is 0 Å². The molecule has 0 fully saturated rings. The van der Waals surface area contributed by atoms with Crippen molar-refractivity contribution in [2.75, 3.05) is 18.5 Å². The first-order valence-corrected chi connectivity index (χ1v) is 7.89. The third kappa shape index (κ3) is 3.80. The van der Waals surface area contributed by atoms with E-state index >= 15 is 0 Å². The number of amides is 1. The lowest BCUT2D eigenvalue weighted by Crippen LogP contribution is -2.25. The summed E-state index contributed by atoms with van der Waals surface area (Å²) in [6, 6.07) is 6.45. The first-order chi connectivity index (χ1) is 11.1. The van der Waals surface area contributed by atoms with Crippen molar-refractivity contribution in [2.24, 2.45) is 7.05 Å². The summed E-state index contributed by atoms with van der Waals surface area (Å²) in [6.07, 6.45) is 9.20. The molecular formula is C18H22N4O. The van der Waals surface area contributed by atoms with E-state index in [-0.39, 0.29) is 5.91 Å². The van der Waals surface area contributed by atoms with Crippen LogP contribution in [0.1, 0.15) is 23.1 Å². The average Bonchev–Trinajstić information content (AvgIpc) is 2.96. The van der Waals surface area contributed by atoms with E-state index in [4.69, 9.17) is 0 Å². The summed E-state index contributed by atoms with van der Waals surface area (Å²) in [6.45, 7) is 1.66. The second-order valence-electron chi connectivity index (χ2n) is 5.99. The zero-order valence-electron chi connectivity index (χ0n) is 13.6. The highest BCUT2D eigenvalue weighted by Gasteiger charge is 2.13. The van der Waals surface area contributed by atoms with Crippen molar-refractivity contribution in [1.82, 2.24) is 15.1 Å². The summed E-state index contributed by atoms with van der Waals surface area (Å²) in [5.41, 5.74) is 4.74. The normalized spacial score (nSPS) is 14.1. The van der Waals surface area contributed by atoms with Gasteiger partial charge >= 0.3 is 0 Å². The second kappa shape index (κ2) is 6.69. The summed E-state index contributed by atoms with van der Waals surface area (Å²) in [5.74, 6) is -0.0938. The van der Waals surface area contributed by atoms with Crippen LogP contribution in [0.15, 0.2) is 36.7 Å². The van der Waals surface area contributed by atoms with Crippen LogP contribution in [0.25, 0.3) is 6.08 Å². The molecule has 0 aliphatic carbocycles. The van der Waals surface area contributed by atoms with E-state index in [2.05, 4.69) is 40.6 Å². The van der Waals surface area contributed by atoms with Gasteiger partial charge in [-0.05, 0) is 36.1 Å². The lowest BCUT2D eigenvalue weighted by molar-refractivity contribution is -0.116. The molecule has 1 amide bonds. The van der Waals surface area contributed by atoms with Crippen molar-refractivity contribution < 1.29 is 4.79 Å². The monoisotopic (exact) mass is 310 g/mol. The molecule has 1 aromatic carbocycles. The predicted octanol–water partition coefficient (Wildman–Crippen LogP) is 2.13. The summed E-state index contributed by atoms with van der Waals surface area (Å²) < 4.78 is 1.71. The zero-order chi connectivity index (χ0) is 16.2. The minimum atomic E-state index is -0.0938. The summed E-state index contributed by atoms with van der Waals surface area (Å²) >= 11 is 0. The molecule has 5 nitrogen and oxygen atoms in total. The molecule has 0 saturated heterocycles. The van der Waals surface area contributed by atoms with E-state index < -0.39 is 0 Å². The Kier molecular flexibility index (Phi) is 4.46. The van der Waals surface area contributed by atoms with Crippen LogP contribution in [0.4, 0.5) is 5.69 Å². The second-order valence-corrected chi connectivity index (χ2v) is 5.99. The Morgan fingerprint density at radius 3 is 3.04 bits per heavy atom. The van der Waals surface area contributed by atoms with Crippen LogP contribution in [0, 0.1) is 0 Å². The van der Waals surface area contributed by atoms with Gasteiger partial charge in [-0.25, -0.2) is 0 Å². The molecule has 1 N–H and O–H groups in total. The van der Waals surface area contributed by atoms with E-state index in [1.807, 2.05) is 13.2 Å². The van der Waals surface area contributed by atoms with E-state index in [0.717, 1.165) is 24.1 Å². The molecule has 0 unspecified atom stereocenters. The first-order valence-electron chi connectivity index (χ1n) is 7.89. The molecule has 2 heterocycles. The number of fused-ring (bicyclic) bond motifs is 1. The molecular weight excluding hydrogens is 288 g/mol. The average molecular weight is 310 g/mol. The lowest BCUT2D eigenvalue weighted by Gasteiger charge is -2.27. The number of rotatable bonds is 4. The van der Waals surface area contributed by atoms with Crippen LogP contribution in [0.5, 0.6) is 0 Å². The largest absolute Gasteiger partial charge is 0.374 e. The van der Waals surface area contributed by atoms with Gasteiger partial charge in [-0.15, -0.1) is 0 Å². The molecule has 0 atom stereocenters. The number of aryl methyl sites for hydroxylation is 2. The lowest BCUT2D eigenvalue weighted by atomic mass is 9.99. The van der Waals surface area contributed by atoms with Gasteiger partial charge in [0, 0.05) is 50.7 Å². The van der Waals surface area contributed by atoms with Crippen molar-refractivity contribution in [2.45, 2.75) is 19.4 Å². The molecule has 1 aromatic heterocycles. The number of carbonyl (C=O) groups is 1. The highest BCUT2D eigenvalue weighted by Crippen LogP contribution is 2.26. The zero-order valence-corrected chi connectivity index (χ0v) is 13.6. The van der Waals surface area contributed by atoms with Gasteiger partial charge in [-0.2, -0.15) is 5.10 Å². The van der Waals surface area contributed by atoms with E-state index in [1.165, 1.54) is 17.7 Å². The molecule has 3 rings (SSSR count). The number of benzene rings is 1. The van der Waals surface area contributed by atoms with Gasteiger partial charge in [0.2, 0.25) is 5.91 Å². The quantitative estimate of drug-likeness (QED) is 0.880. The standard InChI is InChI=1S/C18H22N4O/c1-21-9-3-4-16-10-14(5-7-17(16)21)11-19-18(23)8-6-15-12-20-22(2)13-15/h5-8,10,12-13H,3-4,9,11H2,1-2H3,(H,19,23)/b8-6+. The number of nitrogens with zero attached hydrogens (tertiary/aromatic N) is 3. The molecule has 0 bridgehead atoms. The van der Waals surface area contributed by atoms with Gasteiger partial charge in [-0.1, -0.05) is 12.1 Å². The number of carbonyl (C=O) groups excluding carboxylic acids is 1. The smallest absolute Gasteiger partial charge is 0.244 e. The number of hydrogen-bond acceptors (Lipinski definition) is 3. The van der Waals surface area contributed by atoms with Gasteiger partial charge in [-0.3, -0.25) is 9.48 Å². The molecule has 1 aliphatic rings. The highest BCUT2D eigenvalue weighted by molar-refractivity contribution is 5.91. The fraction of sp³-hybridized carbons (Fsp3) is 0.333. The van der Waals surface area contributed by atoms with Crippen LogP contribution in [-0.4, -0.2) is 29.3 Å². The highest BCUT2D eigenvalue weighted by atomic mass is 16.1. The molecule has 0 spiro atoms. The Hall–Kier alpha value is -2.56. The Morgan fingerprint density at radius 2 is 2.26 bits per heavy atom. The molecule has 0 saturated carbocycles. The van der Waals surface area contributed by atoms with Gasteiger partial charge in [0.15, 0.2) is 0 Å². The third-order valence-corrected chi connectivity index (χ3v) is 4.11. The molecule has 2 aromatic rings. The number of aromatic nitrogens is 2. The number of nitrogens with one attached hydrogen (secondary N) is 1. The first kappa shape index (κ1) is 15.3. The van der Waals surface area contributed by atoms with Crippen molar-refractivity contribution in [3.05, 3.63) is 53.4 Å². The third-order valence-electron chi connectivity index (χ3n) is 4.11. The molecule has 120 valence electrons. The fourth-order valence-corrected chi connectivity index (χ4v) is 2.89. The maximum absolute atomic E-state index is 11.9. The van der Waals surface area contributed by atoms with Crippen LogP contribution in [0.3, 0.4) is 0 Å². The predicted molar refractivity (Wildman–Crippen MR) is 92.1 cm³/mol. The molecule has 1 aliphatic heterocycles. The van der Waals surface area contributed by atoms with Crippen molar-refractivity contribution in [3.8, 4) is 0 Å². The Morgan fingerprint density at radius 1 is 1.39 bits per heavy atom. The number of anilines is 1. The van der Waals surface area contributed by atoms with E-state index in [0.29, 0.717) is 6.54 Å². The fourth-order valence-electron chi connectivity index (χ4n) is 2.89. The van der Waals surface area contributed by atoms with Gasteiger partial charge in [0.1, 0.15) is 0 Å². The van der Waals surface area contributed by atoms with Gasteiger partial charge in [0.05, 0.1) is 6.20 Å². The van der Waals surface area contributed by atoms with Gasteiger partial charge < -0.3 is 10.2 Å². The summed E-state index contributed by atoms with van der Waals surface area (Å²) in [4.78, 5) is 14.2. The SMILES string of the molecule is CN1CCCc2cc(CNC(=O)/C=C/c3cnn(C)c3)ccc21. The topological polar surface area (TPSA) is 50.2 Å². The van der Waals surface area contributed by atoms with Crippen molar-refractivity contribution >= 4 is 17.7 Å². The van der Waals surface area contributed by atoms with Crippen LogP contribution >= 0.6 is 0 Å². The number of hydrogen-bond donors (Lipinski definition) is 1. The molecule has 5 heteroatoms. The van der Waals surface area contributed by atoms with Crippen LogP contribution < -0.4 is 10.2 Å². The summed E-state index contributed by atoms with van der Waals surface area (Å²) in [7, 11) is 3.98. The van der Waals surface area contributed by atoms with Crippen LogP contribution in [-0.2, 0) is 24.8 Å². The molecule has 23 heavy (non-hydrogen) atoms. The van der Waals surface area contributed by atoms with E-state index in [1.54, 1.807) is 23.0 Å². The van der Waals surface area contributed by atoms with Crippen molar-refractivity contribution in [1.29, 1.82) is 0 Å².